The van der Waals surface area contributed by atoms with Crippen molar-refractivity contribution in [1.82, 2.24) is 5.32 Å². The second-order valence-electron chi connectivity index (χ2n) is 4.75. The molecule has 0 spiro atoms. The van der Waals surface area contributed by atoms with Gasteiger partial charge in [0.05, 0.1) is 6.42 Å². The Hall–Kier alpha value is -1.51. The number of anilines is 1. The maximum atomic E-state index is 11.8. The number of rotatable bonds is 5. The molecule has 1 atom stereocenters. The molecule has 1 unspecified atom stereocenters. The molecule has 1 rings (SSSR count). The van der Waals surface area contributed by atoms with Crippen molar-refractivity contribution < 1.29 is 4.79 Å². The van der Waals surface area contributed by atoms with Crippen LogP contribution >= 0.6 is 0 Å². The molecule has 0 fully saturated rings. The van der Waals surface area contributed by atoms with Crippen LogP contribution in [0.5, 0.6) is 0 Å². The van der Waals surface area contributed by atoms with Crippen LogP contribution in [-0.4, -0.2) is 11.9 Å². The number of nitrogens with one attached hydrogen (secondary N) is 1. The van der Waals surface area contributed by atoms with Crippen LogP contribution in [0.1, 0.15) is 32.8 Å². The van der Waals surface area contributed by atoms with Gasteiger partial charge in [-0.05, 0) is 30.0 Å². The van der Waals surface area contributed by atoms with Gasteiger partial charge in [-0.3, -0.25) is 4.79 Å². The molecule has 17 heavy (non-hydrogen) atoms. The molecule has 1 amide bonds. The maximum Gasteiger partial charge on any atom is 0.224 e. The Morgan fingerprint density at radius 3 is 2.65 bits per heavy atom. The third-order valence-electron chi connectivity index (χ3n) is 2.91. The molecule has 1 aromatic carbocycles. The molecule has 0 saturated heterocycles. The van der Waals surface area contributed by atoms with Gasteiger partial charge in [-0.2, -0.15) is 0 Å². The number of carbonyl (C=O) groups excluding carboxylic acids is 1. The van der Waals surface area contributed by atoms with E-state index in [0.717, 1.165) is 12.0 Å². The average molecular weight is 234 g/mol. The lowest BCUT2D eigenvalue weighted by molar-refractivity contribution is -0.121. The van der Waals surface area contributed by atoms with Crippen LogP contribution in [0.2, 0.25) is 0 Å². The van der Waals surface area contributed by atoms with E-state index in [-0.39, 0.29) is 11.9 Å². The summed E-state index contributed by atoms with van der Waals surface area (Å²) >= 11 is 0. The SMILES string of the molecule is CCC(NC(=O)Cc1cccc(N)c1)C(C)C. The number of carbonyl (C=O) groups is 1. The zero-order chi connectivity index (χ0) is 12.8. The van der Waals surface area contributed by atoms with Gasteiger partial charge in [0.15, 0.2) is 0 Å². The molecule has 0 heterocycles. The molecule has 1 aromatic rings. The van der Waals surface area contributed by atoms with Crippen molar-refractivity contribution in [2.24, 2.45) is 5.92 Å². The van der Waals surface area contributed by atoms with Crippen molar-refractivity contribution in [3.8, 4) is 0 Å². The largest absolute Gasteiger partial charge is 0.399 e. The highest BCUT2D eigenvalue weighted by molar-refractivity contribution is 5.79. The fourth-order valence-electron chi connectivity index (χ4n) is 1.89. The Balaban J connectivity index is 2.55. The van der Waals surface area contributed by atoms with E-state index in [0.29, 0.717) is 18.0 Å². The molecule has 0 aromatic heterocycles. The highest BCUT2D eigenvalue weighted by Gasteiger charge is 2.14. The molecule has 3 heteroatoms. The summed E-state index contributed by atoms with van der Waals surface area (Å²) in [4.78, 5) is 11.8. The third kappa shape index (κ3) is 4.47. The van der Waals surface area contributed by atoms with E-state index in [4.69, 9.17) is 5.73 Å². The molecular weight excluding hydrogens is 212 g/mol. The number of benzene rings is 1. The molecule has 0 aliphatic carbocycles. The van der Waals surface area contributed by atoms with E-state index in [1.807, 2.05) is 24.3 Å². The lowest BCUT2D eigenvalue weighted by atomic mass is 10.0. The first-order valence-corrected chi connectivity index (χ1v) is 6.16. The monoisotopic (exact) mass is 234 g/mol. The number of amides is 1. The molecule has 0 saturated carbocycles. The van der Waals surface area contributed by atoms with Crippen LogP contribution in [0.3, 0.4) is 0 Å². The van der Waals surface area contributed by atoms with Crippen LogP contribution < -0.4 is 11.1 Å². The molecule has 0 aliphatic heterocycles. The molecule has 3 nitrogen and oxygen atoms in total. The first kappa shape index (κ1) is 13.6. The van der Waals surface area contributed by atoms with Gasteiger partial charge in [-0.15, -0.1) is 0 Å². The van der Waals surface area contributed by atoms with Crippen LogP contribution in [0.4, 0.5) is 5.69 Å². The van der Waals surface area contributed by atoms with Crippen molar-refractivity contribution in [3.63, 3.8) is 0 Å². The lowest BCUT2D eigenvalue weighted by Crippen LogP contribution is -2.38. The van der Waals surface area contributed by atoms with E-state index in [1.54, 1.807) is 0 Å². The molecule has 0 radical (unpaired) electrons. The Morgan fingerprint density at radius 2 is 2.12 bits per heavy atom. The Morgan fingerprint density at radius 1 is 1.41 bits per heavy atom. The van der Waals surface area contributed by atoms with Gasteiger partial charge >= 0.3 is 0 Å². The van der Waals surface area contributed by atoms with Crippen LogP contribution in [0.15, 0.2) is 24.3 Å². The fourth-order valence-corrected chi connectivity index (χ4v) is 1.89. The normalized spacial score (nSPS) is 12.5. The van der Waals surface area contributed by atoms with Crippen molar-refractivity contribution in [2.45, 2.75) is 39.7 Å². The van der Waals surface area contributed by atoms with Gasteiger partial charge in [0.25, 0.3) is 0 Å². The standard InChI is InChI=1S/C14H22N2O/c1-4-13(10(2)3)16-14(17)9-11-6-5-7-12(15)8-11/h5-8,10,13H,4,9,15H2,1-3H3,(H,16,17). The quantitative estimate of drug-likeness (QED) is 0.768. The molecule has 3 N–H and O–H groups in total. The summed E-state index contributed by atoms with van der Waals surface area (Å²) in [6.45, 7) is 6.33. The number of hydrogen-bond donors (Lipinski definition) is 2. The van der Waals surface area contributed by atoms with E-state index in [1.165, 1.54) is 0 Å². The summed E-state index contributed by atoms with van der Waals surface area (Å²) in [6.07, 6.45) is 1.36. The minimum absolute atomic E-state index is 0.0659. The van der Waals surface area contributed by atoms with Gasteiger partial charge in [-0.25, -0.2) is 0 Å². The minimum Gasteiger partial charge on any atom is -0.399 e. The minimum atomic E-state index is 0.0659. The van der Waals surface area contributed by atoms with E-state index in [9.17, 15) is 4.79 Å². The van der Waals surface area contributed by atoms with Gasteiger partial charge in [0.2, 0.25) is 5.91 Å². The van der Waals surface area contributed by atoms with Crippen molar-refractivity contribution >= 4 is 11.6 Å². The van der Waals surface area contributed by atoms with Crippen LogP contribution in [-0.2, 0) is 11.2 Å². The van der Waals surface area contributed by atoms with Gasteiger partial charge in [0.1, 0.15) is 0 Å². The molecule has 94 valence electrons. The highest BCUT2D eigenvalue weighted by Crippen LogP contribution is 2.09. The van der Waals surface area contributed by atoms with Crippen molar-refractivity contribution in [3.05, 3.63) is 29.8 Å². The maximum absolute atomic E-state index is 11.8. The molecular formula is C14H22N2O. The van der Waals surface area contributed by atoms with Gasteiger partial charge < -0.3 is 11.1 Å². The van der Waals surface area contributed by atoms with Gasteiger partial charge in [-0.1, -0.05) is 32.9 Å². The zero-order valence-corrected chi connectivity index (χ0v) is 10.9. The summed E-state index contributed by atoms with van der Waals surface area (Å²) in [5, 5.41) is 3.05. The number of hydrogen-bond acceptors (Lipinski definition) is 2. The Labute approximate surface area is 103 Å². The summed E-state index contributed by atoms with van der Waals surface area (Å²) in [6, 6.07) is 7.72. The lowest BCUT2D eigenvalue weighted by Gasteiger charge is -2.20. The molecule has 0 aliphatic rings. The van der Waals surface area contributed by atoms with Crippen LogP contribution in [0.25, 0.3) is 0 Å². The Bertz CT molecular complexity index is 374. The van der Waals surface area contributed by atoms with Crippen LogP contribution in [0, 0.1) is 5.92 Å². The first-order valence-electron chi connectivity index (χ1n) is 6.16. The number of nitrogen functional groups attached to an aromatic ring is 1. The van der Waals surface area contributed by atoms with E-state index in [2.05, 4.69) is 26.1 Å². The smallest absolute Gasteiger partial charge is 0.224 e. The third-order valence-corrected chi connectivity index (χ3v) is 2.91. The number of nitrogens with two attached hydrogens (primary N) is 1. The highest BCUT2D eigenvalue weighted by atomic mass is 16.1. The fraction of sp³-hybridized carbons (Fsp3) is 0.500. The zero-order valence-electron chi connectivity index (χ0n) is 10.9. The molecule has 0 bridgehead atoms. The second-order valence-corrected chi connectivity index (χ2v) is 4.75. The predicted octanol–water partition coefficient (Wildman–Crippen LogP) is 2.36. The topological polar surface area (TPSA) is 55.1 Å². The second kappa shape index (κ2) is 6.28. The predicted molar refractivity (Wildman–Crippen MR) is 71.6 cm³/mol. The van der Waals surface area contributed by atoms with Crippen molar-refractivity contribution in [1.29, 1.82) is 0 Å². The van der Waals surface area contributed by atoms with Gasteiger partial charge in [0, 0.05) is 11.7 Å². The van der Waals surface area contributed by atoms with E-state index < -0.39 is 0 Å². The Kier molecular flexibility index (Phi) is 5.01. The summed E-state index contributed by atoms with van der Waals surface area (Å²) < 4.78 is 0. The van der Waals surface area contributed by atoms with E-state index >= 15 is 0 Å². The summed E-state index contributed by atoms with van der Waals surface area (Å²) in [5.41, 5.74) is 7.34. The van der Waals surface area contributed by atoms with Crippen molar-refractivity contribution in [2.75, 3.05) is 5.73 Å². The first-order chi connectivity index (χ1) is 8.02. The summed E-state index contributed by atoms with van der Waals surface area (Å²) in [5.74, 6) is 0.529. The average Bonchev–Trinajstić information content (AvgIpc) is 2.25. The summed E-state index contributed by atoms with van der Waals surface area (Å²) in [7, 11) is 0.